The monoisotopic (exact) mass is 560 g/mol. The number of carbonyl (C=O) groups excluding carboxylic acids is 2. The van der Waals surface area contributed by atoms with Crippen LogP contribution in [-0.2, 0) is 11.8 Å². The second-order valence-electron chi connectivity index (χ2n) is 11.0. The Balaban J connectivity index is 1.34. The normalized spacial score (nSPS) is 21.2. The molecule has 0 aliphatic carbocycles. The van der Waals surface area contributed by atoms with Crippen LogP contribution >= 0.6 is 0 Å². The zero-order valence-corrected chi connectivity index (χ0v) is 23.3. The lowest BCUT2D eigenvalue weighted by atomic mass is 10.0. The van der Waals surface area contributed by atoms with Gasteiger partial charge >= 0.3 is 6.01 Å². The van der Waals surface area contributed by atoms with Gasteiger partial charge in [-0.05, 0) is 51.0 Å². The second kappa shape index (κ2) is 10.9. The largest absolute Gasteiger partial charge is 0.461 e. The molecule has 2 amide bonds. The number of fused-ring (bicyclic) bond motifs is 2. The first-order chi connectivity index (χ1) is 19.7. The minimum atomic E-state index is -0.520. The van der Waals surface area contributed by atoms with Gasteiger partial charge < -0.3 is 25.6 Å². The van der Waals surface area contributed by atoms with E-state index in [2.05, 4.69) is 49.8 Å². The van der Waals surface area contributed by atoms with Crippen molar-refractivity contribution >= 4 is 45.0 Å². The predicted octanol–water partition coefficient (Wildman–Crippen LogP) is 3.14. The van der Waals surface area contributed by atoms with Crippen LogP contribution in [0.3, 0.4) is 0 Å². The minimum Gasteiger partial charge on any atom is -0.461 e. The highest BCUT2D eigenvalue weighted by Crippen LogP contribution is 2.31. The number of hydrogen-bond acceptors (Lipinski definition) is 8. The molecule has 0 saturated carbocycles. The topological polar surface area (TPSA) is 126 Å². The summed E-state index contributed by atoms with van der Waals surface area (Å²) in [5, 5.41) is 14.7. The number of hydrogen-bond donors (Lipinski definition) is 3. The van der Waals surface area contributed by atoms with Gasteiger partial charge in [0.25, 0.3) is 5.91 Å². The predicted molar refractivity (Wildman–Crippen MR) is 154 cm³/mol. The lowest BCUT2D eigenvalue weighted by Gasteiger charge is -2.38. The van der Waals surface area contributed by atoms with Crippen LogP contribution in [0, 0.1) is 5.82 Å². The second-order valence-corrected chi connectivity index (χ2v) is 11.0. The van der Waals surface area contributed by atoms with Gasteiger partial charge in [-0.2, -0.15) is 10.1 Å². The van der Waals surface area contributed by atoms with E-state index in [0.717, 1.165) is 31.6 Å². The Labute approximate surface area is 236 Å². The Hall–Kier alpha value is -4.32. The number of piperidine rings is 1. The van der Waals surface area contributed by atoms with E-state index in [1.807, 2.05) is 6.07 Å². The van der Waals surface area contributed by atoms with Gasteiger partial charge in [0.15, 0.2) is 5.82 Å². The van der Waals surface area contributed by atoms with E-state index in [9.17, 15) is 14.0 Å². The lowest BCUT2D eigenvalue weighted by Crippen LogP contribution is -2.54. The third-order valence-electron chi connectivity index (χ3n) is 7.52. The Kier molecular flexibility index (Phi) is 7.16. The summed E-state index contributed by atoms with van der Waals surface area (Å²) in [4.78, 5) is 36.8. The molecule has 41 heavy (non-hydrogen) atoms. The quantitative estimate of drug-likeness (QED) is 0.328. The summed E-state index contributed by atoms with van der Waals surface area (Å²) >= 11 is 0. The van der Waals surface area contributed by atoms with Gasteiger partial charge in [-0.15, -0.1) is 0 Å². The maximum absolute atomic E-state index is 14.7. The number of nitrogens with one attached hydrogen (secondary N) is 3. The molecule has 2 aliphatic heterocycles. The number of anilines is 2. The van der Waals surface area contributed by atoms with E-state index in [4.69, 9.17) is 4.74 Å². The van der Waals surface area contributed by atoms with Crippen molar-refractivity contribution in [3.8, 4) is 6.01 Å². The number of piperazine rings is 1. The summed E-state index contributed by atoms with van der Waals surface area (Å²) in [5.74, 6) is -0.947. The number of rotatable bonds is 6. The molecule has 2 fully saturated rings. The highest BCUT2D eigenvalue weighted by atomic mass is 19.1. The van der Waals surface area contributed by atoms with Crippen molar-refractivity contribution in [1.29, 1.82) is 0 Å². The van der Waals surface area contributed by atoms with Gasteiger partial charge in [0.2, 0.25) is 5.91 Å². The molecule has 2 aromatic heterocycles. The molecule has 1 unspecified atom stereocenters. The molecule has 3 atom stereocenters. The minimum absolute atomic E-state index is 0.00765. The van der Waals surface area contributed by atoms with Gasteiger partial charge in [-0.3, -0.25) is 14.3 Å². The molecule has 3 N–H and O–H groups in total. The molecule has 2 aromatic carbocycles. The Morgan fingerprint density at radius 1 is 1.20 bits per heavy atom. The molecular weight excluding hydrogens is 527 g/mol. The molecule has 0 spiro atoms. The molecule has 6 rings (SSSR count). The number of amides is 2. The van der Waals surface area contributed by atoms with Crippen molar-refractivity contribution in [1.82, 2.24) is 30.4 Å². The standard InChI is InChI=1S/C29H33FN8O3/c1-16-12-38(13-17(2)32-16)24-8-7-21(28(40)34-20-9-18-14-37(3)36-26(18)23(30)10-20)27-22(24)11-31-29(35-27)41-15-19-5-4-6-25(39)33-19/h7-11,14,16-17,19,32H,4-6,12-13,15H2,1-3H3,(H,33,39)(H,34,40)/t16-,17-,19?/m0/s1. The summed E-state index contributed by atoms with van der Waals surface area (Å²) in [7, 11) is 1.72. The number of ether oxygens (including phenoxy) is 1. The van der Waals surface area contributed by atoms with Crippen LogP contribution in [0.25, 0.3) is 21.8 Å². The number of nitrogens with zero attached hydrogens (tertiary/aromatic N) is 5. The van der Waals surface area contributed by atoms with E-state index in [-0.39, 0.29) is 42.2 Å². The van der Waals surface area contributed by atoms with Gasteiger partial charge in [0, 0.05) is 73.2 Å². The van der Waals surface area contributed by atoms with Crippen LogP contribution < -0.4 is 25.6 Å². The smallest absolute Gasteiger partial charge is 0.317 e. The summed E-state index contributed by atoms with van der Waals surface area (Å²) in [6.07, 6.45) is 5.51. The fourth-order valence-corrected chi connectivity index (χ4v) is 5.81. The molecule has 0 bridgehead atoms. The molecule has 4 heterocycles. The Morgan fingerprint density at radius 3 is 2.78 bits per heavy atom. The van der Waals surface area contributed by atoms with Crippen LogP contribution in [-0.4, -0.2) is 69.4 Å². The van der Waals surface area contributed by atoms with E-state index in [1.54, 1.807) is 31.6 Å². The summed E-state index contributed by atoms with van der Waals surface area (Å²) in [6, 6.07) is 7.15. The number of aromatic nitrogens is 4. The molecule has 12 heteroatoms. The zero-order chi connectivity index (χ0) is 28.7. The van der Waals surface area contributed by atoms with Crippen molar-refractivity contribution in [2.45, 2.75) is 51.2 Å². The number of benzene rings is 2. The first-order valence-corrected chi connectivity index (χ1v) is 13.9. The SMILES string of the molecule is C[C@H]1CN(c2ccc(C(=O)Nc3cc(F)c4nn(C)cc4c3)c3nc(OCC4CCCC(=O)N4)ncc23)C[C@H](C)N1. The van der Waals surface area contributed by atoms with Crippen molar-refractivity contribution in [3.63, 3.8) is 0 Å². The lowest BCUT2D eigenvalue weighted by molar-refractivity contribution is -0.123. The van der Waals surface area contributed by atoms with E-state index in [1.165, 1.54) is 10.7 Å². The number of aryl methyl sites for hydroxylation is 1. The maximum atomic E-state index is 14.7. The molecule has 0 radical (unpaired) electrons. The maximum Gasteiger partial charge on any atom is 0.317 e. The Bertz CT molecular complexity index is 1630. The van der Waals surface area contributed by atoms with Crippen LogP contribution in [0.4, 0.5) is 15.8 Å². The molecule has 2 saturated heterocycles. The van der Waals surface area contributed by atoms with Gasteiger partial charge in [0.05, 0.1) is 17.1 Å². The van der Waals surface area contributed by atoms with Crippen LogP contribution in [0.5, 0.6) is 6.01 Å². The van der Waals surface area contributed by atoms with Crippen LogP contribution in [0.15, 0.2) is 36.7 Å². The first-order valence-electron chi connectivity index (χ1n) is 13.9. The van der Waals surface area contributed by atoms with Crippen molar-refractivity contribution in [2.24, 2.45) is 7.05 Å². The van der Waals surface area contributed by atoms with Crippen molar-refractivity contribution < 1.29 is 18.7 Å². The van der Waals surface area contributed by atoms with Crippen LogP contribution in [0.2, 0.25) is 0 Å². The van der Waals surface area contributed by atoms with Gasteiger partial charge in [-0.1, -0.05) is 0 Å². The third kappa shape index (κ3) is 5.64. The molecule has 2 aliphatic rings. The van der Waals surface area contributed by atoms with Crippen molar-refractivity contribution in [2.75, 3.05) is 29.9 Å². The van der Waals surface area contributed by atoms with E-state index in [0.29, 0.717) is 34.0 Å². The average Bonchev–Trinajstić information content (AvgIpc) is 3.31. The van der Waals surface area contributed by atoms with Crippen LogP contribution in [0.1, 0.15) is 43.5 Å². The van der Waals surface area contributed by atoms with Gasteiger partial charge in [0.1, 0.15) is 12.1 Å². The molecular formula is C29H33FN8O3. The summed E-state index contributed by atoms with van der Waals surface area (Å²) in [6.45, 7) is 6.08. The zero-order valence-electron chi connectivity index (χ0n) is 23.3. The number of carbonyl (C=O) groups is 2. The van der Waals surface area contributed by atoms with E-state index >= 15 is 0 Å². The molecule has 11 nitrogen and oxygen atoms in total. The summed E-state index contributed by atoms with van der Waals surface area (Å²) in [5.41, 5.74) is 2.21. The fraction of sp³-hybridized carbons (Fsp3) is 0.414. The third-order valence-corrected chi connectivity index (χ3v) is 7.52. The highest BCUT2D eigenvalue weighted by Gasteiger charge is 2.25. The summed E-state index contributed by atoms with van der Waals surface area (Å²) < 4.78 is 22.1. The van der Waals surface area contributed by atoms with E-state index < -0.39 is 11.7 Å². The van der Waals surface area contributed by atoms with Gasteiger partial charge in [-0.25, -0.2) is 9.37 Å². The van der Waals surface area contributed by atoms with Crippen molar-refractivity contribution in [3.05, 3.63) is 48.0 Å². The first kappa shape index (κ1) is 26.9. The molecule has 4 aromatic rings. The highest BCUT2D eigenvalue weighted by molar-refractivity contribution is 6.14. The molecule has 214 valence electrons. The Morgan fingerprint density at radius 2 is 2.00 bits per heavy atom. The average molecular weight is 561 g/mol. The fourth-order valence-electron chi connectivity index (χ4n) is 5.81. The number of halogens is 1.